The molecule has 0 bridgehead atoms. The Balaban J connectivity index is 2.40. The number of nitrogens with one attached hydrogen (secondary N) is 3. The number of carbonyl (C=O) groups is 3. The van der Waals surface area contributed by atoms with Gasteiger partial charge in [0.05, 0.1) is 0 Å². The number of amides is 2. The number of benzene rings is 1. The van der Waals surface area contributed by atoms with E-state index in [2.05, 4.69) is 36.7 Å². The van der Waals surface area contributed by atoms with Gasteiger partial charge in [-0.25, -0.2) is 9.59 Å². The third-order valence-corrected chi connectivity index (χ3v) is 3.42. The molecule has 2 amide bonds. The first-order valence-corrected chi connectivity index (χ1v) is 8.43. The van der Waals surface area contributed by atoms with Crippen LogP contribution in [0.4, 0.5) is 10.5 Å². The molecule has 1 unspecified atom stereocenters. The standard InChI is InChI=1S/C18H27N3O5/c1-18(2,3)21-13-6-4-12(5-7-13)10-11-19-17(26)20-14(16(24)25)8-9-15(22)23/h4-7,14,21H,8-11H2,1-3H3,(H,22,23)(H,24,25)(H2,19,20,26). The minimum Gasteiger partial charge on any atom is -0.481 e. The van der Waals surface area contributed by atoms with Gasteiger partial charge in [0.25, 0.3) is 0 Å². The molecule has 0 saturated heterocycles. The van der Waals surface area contributed by atoms with Gasteiger partial charge in [-0.15, -0.1) is 0 Å². The summed E-state index contributed by atoms with van der Waals surface area (Å²) < 4.78 is 0. The number of rotatable bonds is 9. The lowest BCUT2D eigenvalue weighted by Crippen LogP contribution is -2.46. The number of carboxylic acid groups (broad SMARTS) is 2. The normalized spacial score (nSPS) is 12.1. The van der Waals surface area contributed by atoms with Crippen LogP contribution in [0, 0.1) is 0 Å². The first-order chi connectivity index (χ1) is 12.1. The van der Waals surface area contributed by atoms with E-state index in [-0.39, 0.29) is 18.4 Å². The maximum absolute atomic E-state index is 11.8. The van der Waals surface area contributed by atoms with E-state index in [9.17, 15) is 14.4 Å². The summed E-state index contributed by atoms with van der Waals surface area (Å²) in [5, 5.41) is 25.8. The van der Waals surface area contributed by atoms with Crippen LogP contribution in [-0.4, -0.2) is 46.3 Å². The zero-order chi connectivity index (χ0) is 19.7. The van der Waals surface area contributed by atoms with Crippen molar-refractivity contribution in [1.82, 2.24) is 10.6 Å². The molecule has 1 aromatic rings. The van der Waals surface area contributed by atoms with Gasteiger partial charge in [-0.2, -0.15) is 0 Å². The SMILES string of the molecule is CC(C)(C)Nc1ccc(CCNC(=O)NC(CCC(=O)O)C(=O)O)cc1. The van der Waals surface area contributed by atoms with Crippen LogP contribution in [0.15, 0.2) is 24.3 Å². The van der Waals surface area contributed by atoms with E-state index in [1.54, 1.807) is 0 Å². The molecule has 0 heterocycles. The van der Waals surface area contributed by atoms with Crippen LogP contribution in [-0.2, 0) is 16.0 Å². The Hall–Kier alpha value is -2.77. The van der Waals surface area contributed by atoms with Crippen molar-refractivity contribution >= 4 is 23.7 Å². The van der Waals surface area contributed by atoms with Crippen LogP contribution in [0.5, 0.6) is 0 Å². The van der Waals surface area contributed by atoms with Gasteiger partial charge in [0.1, 0.15) is 6.04 Å². The summed E-state index contributed by atoms with van der Waals surface area (Å²) >= 11 is 0. The van der Waals surface area contributed by atoms with Gasteiger partial charge in [0.15, 0.2) is 0 Å². The maximum Gasteiger partial charge on any atom is 0.326 e. The third kappa shape index (κ3) is 8.91. The Bertz CT molecular complexity index is 623. The number of aliphatic carboxylic acids is 2. The molecule has 0 radical (unpaired) electrons. The van der Waals surface area contributed by atoms with Gasteiger partial charge in [0.2, 0.25) is 0 Å². The molecular weight excluding hydrogens is 338 g/mol. The van der Waals surface area contributed by atoms with E-state index in [0.29, 0.717) is 13.0 Å². The summed E-state index contributed by atoms with van der Waals surface area (Å²) in [6, 6.07) is 5.99. The van der Waals surface area contributed by atoms with Crippen molar-refractivity contribution in [2.75, 3.05) is 11.9 Å². The molecule has 8 heteroatoms. The predicted molar refractivity (Wildman–Crippen MR) is 98.3 cm³/mol. The first-order valence-electron chi connectivity index (χ1n) is 8.43. The second kappa shape index (κ2) is 9.65. The minimum atomic E-state index is -1.26. The number of urea groups is 1. The number of anilines is 1. The lowest BCUT2D eigenvalue weighted by atomic mass is 10.1. The van der Waals surface area contributed by atoms with E-state index in [1.807, 2.05) is 24.3 Å². The van der Waals surface area contributed by atoms with E-state index < -0.39 is 24.0 Å². The van der Waals surface area contributed by atoms with Crippen molar-refractivity contribution in [2.45, 2.75) is 51.6 Å². The Morgan fingerprint density at radius 3 is 2.19 bits per heavy atom. The number of carboxylic acids is 2. The van der Waals surface area contributed by atoms with Crippen LogP contribution >= 0.6 is 0 Å². The minimum absolute atomic E-state index is 0.0253. The van der Waals surface area contributed by atoms with Crippen molar-refractivity contribution in [3.63, 3.8) is 0 Å². The molecule has 1 aromatic carbocycles. The van der Waals surface area contributed by atoms with E-state index in [1.165, 1.54) is 0 Å². The molecule has 0 aliphatic heterocycles. The fourth-order valence-corrected chi connectivity index (χ4v) is 2.24. The second-order valence-electron chi connectivity index (χ2n) is 7.05. The number of hydrogen-bond donors (Lipinski definition) is 5. The van der Waals surface area contributed by atoms with E-state index in [4.69, 9.17) is 10.2 Å². The van der Waals surface area contributed by atoms with E-state index >= 15 is 0 Å². The van der Waals surface area contributed by atoms with Gasteiger partial charge in [-0.3, -0.25) is 4.79 Å². The largest absolute Gasteiger partial charge is 0.481 e. The van der Waals surface area contributed by atoms with Crippen LogP contribution < -0.4 is 16.0 Å². The van der Waals surface area contributed by atoms with Crippen LogP contribution in [0.1, 0.15) is 39.2 Å². The Morgan fingerprint density at radius 1 is 1.08 bits per heavy atom. The lowest BCUT2D eigenvalue weighted by molar-refractivity contribution is -0.140. The smallest absolute Gasteiger partial charge is 0.326 e. The molecule has 0 aromatic heterocycles. The fraction of sp³-hybridized carbons (Fsp3) is 0.500. The average molecular weight is 365 g/mol. The molecule has 0 aliphatic carbocycles. The maximum atomic E-state index is 11.8. The molecule has 1 atom stereocenters. The quantitative estimate of drug-likeness (QED) is 0.456. The molecule has 0 spiro atoms. The van der Waals surface area contributed by atoms with Crippen LogP contribution in [0.3, 0.4) is 0 Å². The van der Waals surface area contributed by atoms with E-state index in [0.717, 1.165) is 11.3 Å². The molecular formula is C18H27N3O5. The van der Waals surface area contributed by atoms with Gasteiger partial charge in [-0.05, 0) is 51.3 Å². The van der Waals surface area contributed by atoms with Gasteiger partial charge in [0, 0.05) is 24.2 Å². The lowest BCUT2D eigenvalue weighted by Gasteiger charge is -2.22. The first kappa shape index (κ1) is 21.3. The Labute approximate surface area is 153 Å². The van der Waals surface area contributed by atoms with Gasteiger partial charge < -0.3 is 26.2 Å². The highest BCUT2D eigenvalue weighted by Gasteiger charge is 2.20. The molecule has 144 valence electrons. The highest BCUT2D eigenvalue weighted by atomic mass is 16.4. The zero-order valence-electron chi connectivity index (χ0n) is 15.3. The monoisotopic (exact) mass is 365 g/mol. The van der Waals surface area contributed by atoms with Crippen molar-refractivity contribution in [3.8, 4) is 0 Å². The van der Waals surface area contributed by atoms with Crippen LogP contribution in [0.2, 0.25) is 0 Å². The van der Waals surface area contributed by atoms with Crippen LogP contribution in [0.25, 0.3) is 0 Å². The summed E-state index contributed by atoms with van der Waals surface area (Å²) in [7, 11) is 0. The van der Waals surface area contributed by atoms with Crippen molar-refractivity contribution in [2.24, 2.45) is 0 Å². The van der Waals surface area contributed by atoms with Crippen molar-refractivity contribution < 1.29 is 24.6 Å². The predicted octanol–water partition coefficient (Wildman–Crippen LogP) is 2.06. The van der Waals surface area contributed by atoms with Crippen molar-refractivity contribution in [3.05, 3.63) is 29.8 Å². The molecule has 5 N–H and O–H groups in total. The average Bonchev–Trinajstić information content (AvgIpc) is 2.51. The molecule has 8 nitrogen and oxygen atoms in total. The molecule has 26 heavy (non-hydrogen) atoms. The number of carbonyl (C=O) groups excluding carboxylic acids is 1. The third-order valence-electron chi connectivity index (χ3n) is 3.42. The second-order valence-corrected chi connectivity index (χ2v) is 7.05. The molecule has 1 rings (SSSR count). The summed E-state index contributed by atoms with van der Waals surface area (Å²) in [5.74, 6) is -2.37. The van der Waals surface area contributed by atoms with Gasteiger partial charge >= 0.3 is 18.0 Å². The number of hydrogen-bond acceptors (Lipinski definition) is 4. The highest BCUT2D eigenvalue weighted by Crippen LogP contribution is 2.15. The van der Waals surface area contributed by atoms with Crippen molar-refractivity contribution in [1.29, 1.82) is 0 Å². The summed E-state index contributed by atoms with van der Waals surface area (Å²) in [5.41, 5.74) is 2.02. The summed E-state index contributed by atoms with van der Waals surface area (Å²) in [6.07, 6.45) is 0.0998. The topological polar surface area (TPSA) is 128 Å². The fourth-order valence-electron chi connectivity index (χ4n) is 2.24. The summed E-state index contributed by atoms with van der Waals surface area (Å²) in [4.78, 5) is 33.3. The molecule has 0 saturated carbocycles. The van der Waals surface area contributed by atoms with Gasteiger partial charge in [-0.1, -0.05) is 12.1 Å². The Kier molecular flexibility index (Phi) is 7.89. The Morgan fingerprint density at radius 2 is 1.69 bits per heavy atom. The molecule has 0 fully saturated rings. The zero-order valence-corrected chi connectivity index (χ0v) is 15.3. The highest BCUT2D eigenvalue weighted by molar-refractivity contribution is 5.83. The molecule has 0 aliphatic rings. The summed E-state index contributed by atoms with van der Waals surface area (Å²) in [6.45, 7) is 6.56.